The number of halogens is 1. The summed E-state index contributed by atoms with van der Waals surface area (Å²) >= 11 is 0. The zero-order chi connectivity index (χ0) is 17.5. The van der Waals surface area contributed by atoms with Crippen molar-refractivity contribution in [1.29, 1.82) is 0 Å². The molecule has 0 amide bonds. The van der Waals surface area contributed by atoms with E-state index in [9.17, 15) is 4.39 Å². The molecule has 5 nitrogen and oxygen atoms in total. The summed E-state index contributed by atoms with van der Waals surface area (Å²) in [5.41, 5.74) is 2.97. The fraction of sp³-hybridized carbons (Fsp3) is 0.474. The molecular weight excluding hydrogens is 319 g/mol. The molecule has 0 aliphatic carbocycles. The lowest BCUT2D eigenvalue weighted by molar-refractivity contribution is 0.128. The molecule has 0 radical (unpaired) electrons. The minimum atomic E-state index is -0.160. The Morgan fingerprint density at radius 2 is 2.04 bits per heavy atom. The topological polar surface area (TPSA) is 59.1 Å². The molecule has 0 bridgehead atoms. The Morgan fingerprint density at radius 3 is 2.88 bits per heavy atom. The van der Waals surface area contributed by atoms with E-state index in [-0.39, 0.29) is 5.82 Å². The van der Waals surface area contributed by atoms with Crippen LogP contribution in [-0.2, 0) is 30.6 Å². The fourth-order valence-corrected chi connectivity index (χ4v) is 3.02. The summed E-state index contributed by atoms with van der Waals surface area (Å²) in [7, 11) is 0. The van der Waals surface area contributed by atoms with E-state index in [0.717, 1.165) is 37.4 Å². The molecule has 1 aliphatic rings. The molecule has 3 rings (SSSR count). The van der Waals surface area contributed by atoms with E-state index in [2.05, 4.69) is 20.6 Å². The van der Waals surface area contributed by atoms with E-state index in [0.29, 0.717) is 37.6 Å². The SMILES string of the molecule is CCOCc1nc2c(c(NCCc3ccccc3F)n1)CCNCC2. The van der Waals surface area contributed by atoms with Gasteiger partial charge in [-0.3, -0.25) is 0 Å². The molecule has 6 heteroatoms. The Kier molecular flexibility index (Phi) is 6.30. The van der Waals surface area contributed by atoms with Crippen molar-refractivity contribution in [2.75, 3.05) is 31.6 Å². The molecule has 0 saturated heterocycles. The van der Waals surface area contributed by atoms with Crippen molar-refractivity contribution in [3.63, 3.8) is 0 Å². The lowest BCUT2D eigenvalue weighted by Crippen LogP contribution is -2.16. The number of rotatable bonds is 7. The average molecular weight is 344 g/mol. The molecule has 2 N–H and O–H groups in total. The second-order valence-electron chi connectivity index (χ2n) is 6.07. The molecule has 0 spiro atoms. The van der Waals surface area contributed by atoms with E-state index in [1.165, 1.54) is 11.6 Å². The van der Waals surface area contributed by atoms with E-state index < -0.39 is 0 Å². The van der Waals surface area contributed by atoms with Crippen LogP contribution in [0.3, 0.4) is 0 Å². The Hall–Kier alpha value is -2.05. The second kappa shape index (κ2) is 8.87. The monoisotopic (exact) mass is 344 g/mol. The van der Waals surface area contributed by atoms with Crippen molar-refractivity contribution in [2.24, 2.45) is 0 Å². The standard InChI is InChI=1S/C19H25FN4O/c1-2-25-13-18-23-17-9-11-21-10-8-15(17)19(24-18)22-12-7-14-5-3-4-6-16(14)20/h3-6,21H,2,7-13H2,1H3,(H,22,23,24). The van der Waals surface area contributed by atoms with Gasteiger partial charge in [-0.05, 0) is 37.9 Å². The molecule has 0 atom stereocenters. The Bertz CT molecular complexity index is 708. The van der Waals surface area contributed by atoms with Crippen LogP contribution in [0, 0.1) is 5.82 Å². The first-order valence-electron chi connectivity index (χ1n) is 8.92. The predicted molar refractivity (Wildman–Crippen MR) is 96.2 cm³/mol. The first kappa shape index (κ1) is 17.8. The summed E-state index contributed by atoms with van der Waals surface area (Å²) in [5.74, 6) is 1.41. The van der Waals surface area contributed by atoms with Crippen LogP contribution in [0.1, 0.15) is 29.6 Å². The molecule has 134 valence electrons. The summed E-state index contributed by atoms with van der Waals surface area (Å²) in [6.07, 6.45) is 2.40. The lowest BCUT2D eigenvalue weighted by Gasteiger charge is -2.15. The Morgan fingerprint density at radius 1 is 1.20 bits per heavy atom. The summed E-state index contributed by atoms with van der Waals surface area (Å²) in [6.45, 7) is 5.49. The smallest absolute Gasteiger partial charge is 0.156 e. The molecule has 1 aliphatic heterocycles. The fourth-order valence-electron chi connectivity index (χ4n) is 3.02. The molecule has 2 aromatic rings. The third-order valence-electron chi connectivity index (χ3n) is 4.31. The quantitative estimate of drug-likeness (QED) is 0.808. The summed E-state index contributed by atoms with van der Waals surface area (Å²) in [5, 5.41) is 6.79. The minimum absolute atomic E-state index is 0.160. The van der Waals surface area contributed by atoms with Crippen LogP contribution in [0.5, 0.6) is 0 Å². The van der Waals surface area contributed by atoms with E-state index >= 15 is 0 Å². The third-order valence-corrected chi connectivity index (χ3v) is 4.31. The number of anilines is 1. The molecule has 1 aromatic heterocycles. The van der Waals surface area contributed by atoms with Gasteiger partial charge >= 0.3 is 0 Å². The molecule has 1 aromatic carbocycles. The number of benzene rings is 1. The van der Waals surface area contributed by atoms with Gasteiger partial charge in [0.15, 0.2) is 5.82 Å². The molecule has 0 saturated carbocycles. The number of aromatic nitrogens is 2. The average Bonchev–Trinajstić information content (AvgIpc) is 2.87. The van der Waals surface area contributed by atoms with Gasteiger partial charge in [0.2, 0.25) is 0 Å². The summed E-state index contributed by atoms with van der Waals surface area (Å²) < 4.78 is 19.2. The molecule has 0 unspecified atom stereocenters. The van der Waals surface area contributed by atoms with Crippen LogP contribution in [0.2, 0.25) is 0 Å². The van der Waals surface area contributed by atoms with Gasteiger partial charge in [0.1, 0.15) is 18.2 Å². The molecular formula is C19H25FN4O. The van der Waals surface area contributed by atoms with Crippen LogP contribution in [0.4, 0.5) is 10.2 Å². The highest BCUT2D eigenvalue weighted by Gasteiger charge is 2.16. The number of hydrogen-bond donors (Lipinski definition) is 2. The van der Waals surface area contributed by atoms with E-state index in [4.69, 9.17) is 4.74 Å². The van der Waals surface area contributed by atoms with E-state index in [1.807, 2.05) is 19.1 Å². The van der Waals surface area contributed by atoms with Crippen molar-refractivity contribution >= 4 is 5.82 Å². The van der Waals surface area contributed by atoms with Crippen molar-refractivity contribution in [3.8, 4) is 0 Å². The summed E-state index contributed by atoms with van der Waals surface area (Å²) in [6, 6.07) is 6.89. The zero-order valence-corrected chi connectivity index (χ0v) is 14.6. The van der Waals surface area contributed by atoms with Gasteiger partial charge in [-0.2, -0.15) is 0 Å². The van der Waals surface area contributed by atoms with Gasteiger partial charge in [-0.25, -0.2) is 14.4 Å². The molecule has 25 heavy (non-hydrogen) atoms. The van der Waals surface area contributed by atoms with Crippen molar-refractivity contribution in [3.05, 3.63) is 52.7 Å². The maximum Gasteiger partial charge on any atom is 0.156 e. The summed E-state index contributed by atoms with van der Waals surface area (Å²) in [4.78, 5) is 9.33. The maximum absolute atomic E-state index is 13.8. The normalized spacial score (nSPS) is 14.0. The van der Waals surface area contributed by atoms with Crippen LogP contribution in [0.25, 0.3) is 0 Å². The largest absolute Gasteiger partial charge is 0.374 e. The van der Waals surface area contributed by atoms with Crippen LogP contribution >= 0.6 is 0 Å². The number of ether oxygens (including phenoxy) is 1. The van der Waals surface area contributed by atoms with Crippen molar-refractivity contribution in [2.45, 2.75) is 32.8 Å². The van der Waals surface area contributed by atoms with Gasteiger partial charge in [-0.1, -0.05) is 18.2 Å². The highest BCUT2D eigenvalue weighted by molar-refractivity contribution is 5.48. The van der Waals surface area contributed by atoms with Crippen LogP contribution in [0.15, 0.2) is 24.3 Å². The zero-order valence-electron chi connectivity index (χ0n) is 14.6. The first-order valence-corrected chi connectivity index (χ1v) is 8.92. The number of fused-ring (bicyclic) bond motifs is 1. The predicted octanol–water partition coefficient (Wildman–Crippen LogP) is 2.50. The highest BCUT2D eigenvalue weighted by atomic mass is 19.1. The Labute approximate surface area is 148 Å². The number of nitrogens with zero attached hydrogens (tertiary/aromatic N) is 2. The van der Waals surface area contributed by atoms with Gasteiger partial charge < -0.3 is 15.4 Å². The van der Waals surface area contributed by atoms with Crippen molar-refractivity contribution < 1.29 is 9.13 Å². The first-order chi connectivity index (χ1) is 12.3. The second-order valence-corrected chi connectivity index (χ2v) is 6.07. The van der Waals surface area contributed by atoms with Gasteiger partial charge in [0.05, 0.1) is 5.69 Å². The van der Waals surface area contributed by atoms with Crippen LogP contribution in [-0.4, -0.2) is 36.2 Å². The highest BCUT2D eigenvalue weighted by Crippen LogP contribution is 2.20. The van der Waals surface area contributed by atoms with E-state index in [1.54, 1.807) is 6.07 Å². The van der Waals surface area contributed by atoms with Crippen molar-refractivity contribution in [1.82, 2.24) is 15.3 Å². The Balaban J connectivity index is 1.75. The number of hydrogen-bond acceptors (Lipinski definition) is 5. The third kappa shape index (κ3) is 4.74. The molecule has 2 heterocycles. The van der Waals surface area contributed by atoms with Gasteiger partial charge in [-0.15, -0.1) is 0 Å². The number of nitrogens with one attached hydrogen (secondary N) is 2. The maximum atomic E-state index is 13.8. The minimum Gasteiger partial charge on any atom is -0.374 e. The molecule has 0 fully saturated rings. The van der Waals surface area contributed by atoms with Crippen LogP contribution < -0.4 is 10.6 Å². The van der Waals surface area contributed by atoms with Gasteiger partial charge in [0.25, 0.3) is 0 Å². The lowest BCUT2D eigenvalue weighted by atomic mass is 10.1. The van der Waals surface area contributed by atoms with Gasteiger partial charge in [0, 0.05) is 31.7 Å².